The van der Waals surface area contributed by atoms with Crippen LogP contribution in [0.3, 0.4) is 0 Å². The van der Waals surface area contributed by atoms with Crippen molar-refractivity contribution < 1.29 is 22.3 Å². The number of fused-ring (bicyclic) bond motifs is 4. The first-order valence-electron chi connectivity index (χ1n) is 14.8. The molecule has 1 aromatic carbocycles. The molecule has 1 aliphatic carbocycles. The van der Waals surface area contributed by atoms with Gasteiger partial charge in [-0.2, -0.15) is 9.97 Å². The van der Waals surface area contributed by atoms with Gasteiger partial charge >= 0.3 is 6.01 Å². The van der Waals surface area contributed by atoms with Crippen LogP contribution in [0.2, 0.25) is 0 Å². The Kier molecular flexibility index (Phi) is 6.34. The number of halogens is 4. The first-order valence-corrected chi connectivity index (χ1v) is 15.6. The number of ether oxygens (including phenoxy) is 1. The highest BCUT2D eigenvalue weighted by molar-refractivity contribution is 7.22. The minimum atomic E-state index is -3.23. The van der Waals surface area contributed by atoms with Crippen LogP contribution in [0.15, 0.2) is 16.9 Å². The number of alkyl halides is 2. The Hall–Kier alpha value is -3.56. The molecule has 3 N–H and O–H groups in total. The molecule has 4 aliphatic rings. The van der Waals surface area contributed by atoms with Gasteiger partial charge in [-0.1, -0.05) is 11.3 Å². The molecule has 44 heavy (non-hydrogen) atoms. The summed E-state index contributed by atoms with van der Waals surface area (Å²) < 4.78 is 68.1. The number of pyridine rings is 1. The Morgan fingerprint density at radius 3 is 2.55 bits per heavy atom. The second-order valence-corrected chi connectivity index (χ2v) is 13.4. The van der Waals surface area contributed by atoms with Gasteiger partial charge in [-0.05, 0) is 51.4 Å². The molecule has 10 nitrogen and oxygen atoms in total. The van der Waals surface area contributed by atoms with Gasteiger partial charge in [0.1, 0.15) is 35.2 Å². The van der Waals surface area contributed by atoms with Gasteiger partial charge in [0.25, 0.3) is 11.5 Å². The van der Waals surface area contributed by atoms with E-state index in [1.165, 1.54) is 6.07 Å². The molecule has 2 bridgehead atoms. The van der Waals surface area contributed by atoms with E-state index >= 15 is 4.39 Å². The summed E-state index contributed by atoms with van der Waals surface area (Å²) in [4.78, 5) is 31.7. The van der Waals surface area contributed by atoms with E-state index in [0.717, 1.165) is 54.2 Å². The normalized spacial score (nSPS) is 26.2. The smallest absolute Gasteiger partial charge is 0.319 e. The fourth-order valence-corrected chi connectivity index (χ4v) is 7.82. The summed E-state index contributed by atoms with van der Waals surface area (Å²) in [5.74, 6) is -4.72. The third-order valence-electron chi connectivity index (χ3n) is 9.42. The Balaban J connectivity index is 1.37. The van der Waals surface area contributed by atoms with Crippen molar-refractivity contribution in [1.82, 2.24) is 29.7 Å². The average Bonchev–Trinajstić information content (AvgIpc) is 3.34. The second-order valence-electron chi connectivity index (χ2n) is 12.3. The van der Waals surface area contributed by atoms with Crippen LogP contribution in [0.5, 0.6) is 6.01 Å². The fraction of sp³-hybridized carbons (Fsp3) is 0.517. The van der Waals surface area contributed by atoms with Crippen LogP contribution < -0.4 is 26.2 Å². The zero-order chi connectivity index (χ0) is 30.5. The summed E-state index contributed by atoms with van der Waals surface area (Å²) in [7, 11) is 2.00. The molecule has 1 saturated carbocycles. The van der Waals surface area contributed by atoms with Crippen molar-refractivity contribution in [3.63, 3.8) is 0 Å². The van der Waals surface area contributed by atoms with E-state index in [-0.39, 0.29) is 68.4 Å². The number of nitrogen functional groups attached to an aromatic ring is 1. The number of nitrogens with one attached hydrogen (secondary N) is 1. The van der Waals surface area contributed by atoms with E-state index in [2.05, 4.69) is 25.2 Å². The van der Waals surface area contributed by atoms with Crippen molar-refractivity contribution in [1.29, 1.82) is 0 Å². The van der Waals surface area contributed by atoms with Crippen molar-refractivity contribution >= 4 is 43.4 Å². The van der Waals surface area contributed by atoms with Crippen LogP contribution >= 0.6 is 11.3 Å². The SMILES string of the molecule is CN1CCC[C@H]1COc1nc(N2CC3CCC(C2)N3)c2c(=O)n(C3CC3(F)F)c(-c3ccc(F)c4sc(N)nc34)c(F)c2n1. The third kappa shape index (κ3) is 4.42. The molecule has 3 aromatic heterocycles. The number of piperazine rings is 1. The van der Waals surface area contributed by atoms with Gasteiger partial charge in [0, 0.05) is 43.2 Å². The van der Waals surface area contributed by atoms with E-state index < -0.39 is 41.3 Å². The molecule has 4 aromatic rings. The van der Waals surface area contributed by atoms with Crippen molar-refractivity contribution in [2.24, 2.45) is 0 Å². The molecule has 3 aliphatic heterocycles. The fourth-order valence-electron chi connectivity index (χ4n) is 7.06. The quantitative estimate of drug-likeness (QED) is 0.306. The number of hydrogen-bond acceptors (Lipinski definition) is 10. The molecular weight excluding hydrogens is 600 g/mol. The van der Waals surface area contributed by atoms with Gasteiger partial charge < -0.3 is 25.6 Å². The number of likely N-dealkylation sites (tertiary alicyclic amines) is 1. The predicted molar refractivity (Wildman–Crippen MR) is 159 cm³/mol. The summed E-state index contributed by atoms with van der Waals surface area (Å²) in [5.41, 5.74) is 4.21. The monoisotopic (exact) mass is 630 g/mol. The minimum Gasteiger partial charge on any atom is -0.462 e. The van der Waals surface area contributed by atoms with Gasteiger partial charge in [0.15, 0.2) is 10.9 Å². The Morgan fingerprint density at radius 2 is 1.86 bits per heavy atom. The number of nitrogens with zero attached hydrogens (tertiary/aromatic N) is 6. The topological polar surface area (TPSA) is 114 Å². The zero-order valence-electron chi connectivity index (χ0n) is 23.8. The van der Waals surface area contributed by atoms with Gasteiger partial charge in [0.2, 0.25) is 0 Å². The standard InChI is InChI=1S/C29H30F4N8O2S/c1-39-8-2-3-15(39)12-43-28-37-22-19(25(38-28)40-10-13-4-5-14(11-40)35-13)26(42)41(18-9-29(18,32)33)23(20(22)31)16-6-7-17(30)24-21(16)36-27(34)44-24/h6-7,13-15,18,35H,2-5,8-12H2,1H3,(H2,34,36)/t13?,14?,15-,18?/m0/s1. The van der Waals surface area contributed by atoms with Gasteiger partial charge in [-0.25, -0.2) is 22.5 Å². The molecule has 6 heterocycles. The molecule has 0 spiro atoms. The maximum atomic E-state index is 17.0. The molecule has 3 unspecified atom stereocenters. The summed E-state index contributed by atoms with van der Waals surface area (Å²) in [6.07, 6.45) is 3.19. The lowest BCUT2D eigenvalue weighted by molar-refractivity contribution is 0.100. The second kappa shape index (κ2) is 9.97. The number of hydrogen-bond donors (Lipinski definition) is 2. The summed E-state index contributed by atoms with van der Waals surface area (Å²) >= 11 is 0.851. The molecule has 4 atom stereocenters. The maximum absolute atomic E-state index is 17.0. The largest absolute Gasteiger partial charge is 0.462 e. The third-order valence-corrected chi connectivity index (χ3v) is 10.3. The molecule has 15 heteroatoms. The highest BCUT2D eigenvalue weighted by Gasteiger charge is 2.60. The molecule has 4 fully saturated rings. The zero-order valence-corrected chi connectivity index (χ0v) is 24.6. The van der Waals surface area contributed by atoms with Crippen molar-refractivity contribution in [2.75, 3.05) is 43.9 Å². The van der Waals surface area contributed by atoms with Crippen LogP contribution in [0.1, 0.15) is 38.1 Å². The van der Waals surface area contributed by atoms with Crippen LogP contribution in [-0.2, 0) is 0 Å². The van der Waals surface area contributed by atoms with Gasteiger partial charge in [-0.15, -0.1) is 0 Å². The lowest BCUT2D eigenvalue weighted by atomic mass is 10.1. The van der Waals surface area contributed by atoms with Gasteiger partial charge in [-0.3, -0.25) is 9.36 Å². The lowest BCUT2D eigenvalue weighted by Gasteiger charge is -2.34. The number of thiazole rings is 1. The molecule has 3 saturated heterocycles. The van der Waals surface area contributed by atoms with Crippen molar-refractivity contribution in [3.8, 4) is 17.3 Å². The highest BCUT2D eigenvalue weighted by Crippen LogP contribution is 2.54. The molecule has 8 rings (SSSR count). The van der Waals surface area contributed by atoms with E-state index in [4.69, 9.17) is 10.5 Å². The average molecular weight is 631 g/mol. The first-order chi connectivity index (χ1) is 21.1. The predicted octanol–water partition coefficient (Wildman–Crippen LogP) is 3.92. The summed E-state index contributed by atoms with van der Waals surface area (Å²) in [6, 6.07) is 1.06. The first kappa shape index (κ1) is 28.0. The van der Waals surface area contributed by atoms with E-state index in [0.29, 0.717) is 13.1 Å². The minimum absolute atomic E-state index is 0.0171. The maximum Gasteiger partial charge on any atom is 0.319 e. The molecular formula is C29H30F4N8O2S. The molecule has 232 valence electrons. The van der Waals surface area contributed by atoms with Crippen molar-refractivity contribution in [3.05, 3.63) is 34.1 Å². The number of nitrogens with two attached hydrogens (primary N) is 1. The Labute approximate surface area is 252 Å². The van der Waals surface area contributed by atoms with E-state index in [1.807, 2.05) is 11.9 Å². The van der Waals surface area contributed by atoms with Crippen LogP contribution in [0, 0.1) is 11.6 Å². The van der Waals surface area contributed by atoms with E-state index in [1.54, 1.807) is 0 Å². The van der Waals surface area contributed by atoms with Crippen molar-refractivity contribution in [2.45, 2.75) is 62.2 Å². The number of aromatic nitrogens is 4. The summed E-state index contributed by atoms with van der Waals surface area (Å²) in [6.45, 7) is 2.21. The van der Waals surface area contributed by atoms with Crippen LogP contribution in [0.4, 0.5) is 28.5 Å². The van der Waals surface area contributed by atoms with Gasteiger partial charge in [0.05, 0.1) is 15.9 Å². The highest BCUT2D eigenvalue weighted by atomic mass is 32.1. The van der Waals surface area contributed by atoms with Crippen LogP contribution in [-0.4, -0.2) is 81.8 Å². The number of anilines is 2. The Bertz CT molecular complexity index is 1870. The number of benzene rings is 1. The summed E-state index contributed by atoms with van der Waals surface area (Å²) in [5, 5.41) is 3.36. The number of rotatable bonds is 6. The van der Waals surface area contributed by atoms with E-state index in [9.17, 15) is 18.0 Å². The number of likely N-dealkylation sites (N-methyl/N-ethyl adjacent to an activating group) is 1. The Morgan fingerprint density at radius 1 is 1.11 bits per heavy atom. The van der Waals surface area contributed by atoms with Crippen LogP contribution in [0.25, 0.3) is 32.4 Å². The molecule has 0 amide bonds. The lowest BCUT2D eigenvalue weighted by Crippen LogP contribution is -2.51. The molecule has 0 radical (unpaired) electrons.